The molecule has 0 amide bonds. The van der Waals surface area contributed by atoms with Gasteiger partial charge in [-0.1, -0.05) is 206 Å². The topological polar surface area (TPSA) is 0 Å². The average molecular weight is 795 g/mol. The molecule has 0 aliphatic heterocycles. The highest BCUT2D eigenvalue weighted by molar-refractivity contribution is 6.25. The van der Waals surface area contributed by atoms with Gasteiger partial charge in [0.1, 0.15) is 0 Å². The molecule has 2 aliphatic rings. The molecule has 1 spiro atoms. The first kappa shape index (κ1) is 34.6. The smallest absolute Gasteiger partial charge is 0.0622 e. The van der Waals surface area contributed by atoms with Crippen LogP contribution in [0.15, 0.2) is 231 Å². The summed E-state index contributed by atoms with van der Waals surface area (Å²) in [6, 6.07) is 86.7. The number of fused-ring (bicyclic) bond motifs is 18. The first-order valence-corrected chi connectivity index (χ1v) is 22.1. The van der Waals surface area contributed by atoms with Gasteiger partial charge >= 0.3 is 0 Å². The molecule has 0 atom stereocenters. The fourth-order valence-corrected chi connectivity index (χ4v) is 11.9. The van der Waals surface area contributed by atoms with Crippen LogP contribution in [0.25, 0.3) is 109 Å². The van der Waals surface area contributed by atoms with Crippen LogP contribution >= 0.6 is 0 Å². The summed E-state index contributed by atoms with van der Waals surface area (Å²) in [6.45, 7) is 0. The Labute approximate surface area is 366 Å². The molecule has 0 aromatic heterocycles. The highest BCUT2D eigenvalue weighted by Crippen LogP contribution is 2.66. The molecule has 63 heavy (non-hydrogen) atoms. The summed E-state index contributed by atoms with van der Waals surface area (Å²) in [4.78, 5) is 0. The molecule has 0 saturated heterocycles. The Kier molecular flexibility index (Phi) is 7.13. The maximum atomic E-state index is 2.52. The summed E-state index contributed by atoms with van der Waals surface area (Å²) in [6.07, 6.45) is 0. The van der Waals surface area contributed by atoms with Crippen LogP contribution in [0.5, 0.6) is 0 Å². The van der Waals surface area contributed by atoms with Gasteiger partial charge in [0.05, 0.1) is 5.41 Å². The van der Waals surface area contributed by atoms with Crippen LogP contribution in [0.2, 0.25) is 0 Å². The van der Waals surface area contributed by atoms with Crippen LogP contribution in [-0.2, 0) is 5.41 Å². The van der Waals surface area contributed by atoms with Gasteiger partial charge in [0.25, 0.3) is 0 Å². The number of benzene rings is 12. The van der Waals surface area contributed by atoms with Crippen molar-refractivity contribution in [1.29, 1.82) is 0 Å². The Balaban J connectivity index is 1.09. The van der Waals surface area contributed by atoms with Crippen LogP contribution < -0.4 is 0 Å². The van der Waals surface area contributed by atoms with Gasteiger partial charge in [-0.25, -0.2) is 0 Å². The van der Waals surface area contributed by atoms with E-state index >= 15 is 0 Å². The Hall–Kier alpha value is -8.06. The van der Waals surface area contributed by atoms with Crippen molar-refractivity contribution >= 4 is 53.9 Å². The summed E-state index contributed by atoms with van der Waals surface area (Å²) in [5.41, 5.74) is 17.8. The molecule has 14 rings (SSSR count). The third-order valence-electron chi connectivity index (χ3n) is 14.4. The molecule has 290 valence electrons. The first-order chi connectivity index (χ1) is 31.3. The Bertz CT molecular complexity index is 3800. The lowest BCUT2D eigenvalue weighted by Gasteiger charge is -2.32. The van der Waals surface area contributed by atoms with E-state index in [0.717, 1.165) is 0 Å². The van der Waals surface area contributed by atoms with Gasteiger partial charge < -0.3 is 0 Å². The standard InChI is InChI=1S/C63H38/c1-2-17-39(18-3-1)40-21-16-22-43(35-40)59-49-27-8-10-29-51(49)60(52-30-11-9-28-50(52)59)44-33-34-53-54(37-44)45-23-6-7-26-48(45)61-55-36-41-19-4-5-20-42(41)38-58(55)63(62(53)61)56-31-14-12-24-46(56)47-25-13-15-32-57(47)63/h1-38H. The minimum atomic E-state index is -0.485. The van der Waals surface area contributed by atoms with Crippen LogP contribution in [0.4, 0.5) is 0 Å². The van der Waals surface area contributed by atoms with E-state index in [-0.39, 0.29) is 0 Å². The second-order valence-electron chi connectivity index (χ2n) is 17.4. The molecule has 0 heterocycles. The van der Waals surface area contributed by atoms with Gasteiger partial charge in [-0.15, -0.1) is 0 Å². The molecule has 0 fully saturated rings. The molecular formula is C63H38. The van der Waals surface area contributed by atoms with Crippen LogP contribution in [0.1, 0.15) is 22.3 Å². The zero-order valence-corrected chi connectivity index (χ0v) is 34.4. The summed E-state index contributed by atoms with van der Waals surface area (Å²) in [5.74, 6) is 0. The van der Waals surface area contributed by atoms with Gasteiger partial charge in [0.15, 0.2) is 0 Å². The van der Waals surface area contributed by atoms with E-state index in [9.17, 15) is 0 Å². The second-order valence-corrected chi connectivity index (χ2v) is 17.4. The Morgan fingerprint density at radius 2 is 0.698 bits per heavy atom. The van der Waals surface area contributed by atoms with E-state index in [4.69, 9.17) is 0 Å². The van der Waals surface area contributed by atoms with Gasteiger partial charge in [-0.05, 0) is 156 Å². The van der Waals surface area contributed by atoms with Crippen molar-refractivity contribution in [2.75, 3.05) is 0 Å². The van der Waals surface area contributed by atoms with E-state index in [1.807, 2.05) is 0 Å². The summed E-state index contributed by atoms with van der Waals surface area (Å²) in [7, 11) is 0. The van der Waals surface area contributed by atoms with E-state index in [0.29, 0.717) is 0 Å². The van der Waals surface area contributed by atoms with Crippen LogP contribution in [-0.4, -0.2) is 0 Å². The second kappa shape index (κ2) is 13.0. The maximum absolute atomic E-state index is 2.52. The molecule has 0 saturated carbocycles. The SMILES string of the molecule is c1ccc(-c2cccc(-c3c4ccccc4c(-c4ccc5c6c(c7ccccc7c5c4)-c4cc5ccccc5cc4C64c5ccccc5-c5ccccc54)c4ccccc34)c2)cc1. The quantitative estimate of drug-likeness (QED) is 0.123. The molecule has 0 N–H and O–H groups in total. The van der Waals surface area contributed by atoms with E-state index in [2.05, 4.69) is 231 Å². The van der Waals surface area contributed by atoms with Crippen molar-refractivity contribution in [3.63, 3.8) is 0 Å². The molecular weight excluding hydrogens is 757 g/mol. The van der Waals surface area contributed by atoms with Crippen LogP contribution in [0, 0.1) is 0 Å². The van der Waals surface area contributed by atoms with Crippen molar-refractivity contribution < 1.29 is 0 Å². The lowest BCUT2D eigenvalue weighted by molar-refractivity contribution is 0.803. The highest BCUT2D eigenvalue weighted by Gasteiger charge is 2.53. The summed E-state index contributed by atoms with van der Waals surface area (Å²) < 4.78 is 0. The lowest BCUT2D eigenvalue weighted by Crippen LogP contribution is -2.26. The molecule has 0 bridgehead atoms. The molecule has 2 aliphatic carbocycles. The van der Waals surface area contributed by atoms with Crippen molar-refractivity contribution in [3.05, 3.63) is 253 Å². The van der Waals surface area contributed by atoms with Crippen LogP contribution in [0.3, 0.4) is 0 Å². The number of hydrogen-bond acceptors (Lipinski definition) is 0. The molecule has 0 heteroatoms. The fraction of sp³-hybridized carbons (Fsp3) is 0.0159. The van der Waals surface area contributed by atoms with Gasteiger partial charge in [-0.2, -0.15) is 0 Å². The van der Waals surface area contributed by atoms with Gasteiger partial charge in [0.2, 0.25) is 0 Å². The molecule has 12 aromatic carbocycles. The Morgan fingerprint density at radius 3 is 1.33 bits per heavy atom. The predicted octanol–water partition coefficient (Wildman–Crippen LogP) is 16.8. The molecule has 0 nitrogen and oxygen atoms in total. The van der Waals surface area contributed by atoms with E-state index in [1.165, 1.54) is 132 Å². The van der Waals surface area contributed by atoms with Crippen molar-refractivity contribution in [2.45, 2.75) is 5.41 Å². The van der Waals surface area contributed by atoms with Gasteiger partial charge in [-0.3, -0.25) is 0 Å². The highest BCUT2D eigenvalue weighted by atomic mass is 14.5. The van der Waals surface area contributed by atoms with Crippen molar-refractivity contribution in [3.8, 4) is 55.6 Å². The predicted molar refractivity (Wildman–Crippen MR) is 267 cm³/mol. The Morgan fingerprint density at radius 1 is 0.222 bits per heavy atom. The normalized spacial score (nSPS) is 13.2. The minimum absolute atomic E-state index is 0.485. The maximum Gasteiger partial charge on any atom is 0.0731 e. The lowest BCUT2D eigenvalue weighted by atomic mass is 9.69. The van der Waals surface area contributed by atoms with Gasteiger partial charge in [0, 0.05) is 0 Å². The first-order valence-electron chi connectivity index (χ1n) is 22.1. The van der Waals surface area contributed by atoms with Crippen molar-refractivity contribution in [2.24, 2.45) is 0 Å². The number of hydrogen-bond donors (Lipinski definition) is 0. The zero-order chi connectivity index (χ0) is 41.2. The van der Waals surface area contributed by atoms with E-state index < -0.39 is 5.41 Å². The zero-order valence-electron chi connectivity index (χ0n) is 34.4. The van der Waals surface area contributed by atoms with E-state index in [1.54, 1.807) is 0 Å². The molecule has 0 radical (unpaired) electrons. The fourth-order valence-electron chi connectivity index (χ4n) is 11.9. The monoisotopic (exact) mass is 794 g/mol. The molecule has 12 aromatic rings. The number of rotatable bonds is 3. The minimum Gasteiger partial charge on any atom is -0.0622 e. The van der Waals surface area contributed by atoms with Crippen molar-refractivity contribution in [1.82, 2.24) is 0 Å². The third kappa shape index (κ3) is 4.65. The molecule has 0 unspecified atom stereocenters. The third-order valence-corrected chi connectivity index (χ3v) is 14.4. The largest absolute Gasteiger partial charge is 0.0731 e. The summed E-state index contributed by atoms with van der Waals surface area (Å²) >= 11 is 0. The average Bonchev–Trinajstić information content (AvgIpc) is 3.82. The summed E-state index contributed by atoms with van der Waals surface area (Å²) in [5, 5.41) is 12.8.